The summed E-state index contributed by atoms with van der Waals surface area (Å²) in [6.07, 6.45) is 2.75. The standard InChI is InChI=1S/C10H18O2/c1-4-6-9(11)8(3)10(12)7-5-2/h8H,4-7H2,1-3H3. The average Bonchev–Trinajstić information content (AvgIpc) is 2.04. The van der Waals surface area contributed by atoms with Gasteiger partial charge in [-0.2, -0.15) is 0 Å². The number of ketones is 2. The van der Waals surface area contributed by atoms with Crippen molar-refractivity contribution < 1.29 is 9.59 Å². The first-order chi connectivity index (χ1) is 5.63. The third-order valence-electron chi connectivity index (χ3n) is 1.96. The summed E-state index contributed by atoms with van der Waals surface area (Å²) in [5.41, 5.74) is 0. The second-order valence-corrected chi connectivity index (χ2v) is 3.15. The Labute approximate surface area is 74.3 Å². The van der Waals surface area contributed by atoms with Gasteiger partial charge in [-0.25, -0.2) is 0 Å². The van der Waals surface area contributed by atoms with Crippen molar-refractivity contribution in [1.29, 1.82) is 0 Å². The predicted octanol–water partition coefficient (Wildman–Crippen LogP) is 2.36. The number of hydrogen-bond donors (Lipinski definition) is 0. The molecule has 0 rings (SSSR count). The molecule has 0 aliphatic carbocycles. The summed E-state index contributed by atoms with van der Waals surface area (Å²) in [7, 11) is 0. The van der Waals surface area contributed by atoms with Crippen molar-refractivity contribution in [3.05, 3.63) is 0 Å². The van der Waals surface area contributed by atoms with Gasteiger partial charge in [0.1, 0.15) is 11.6 Å². The van der Waals surface area contributed by atoms with Crippen LogP contribution in [0.3, 0.4) is 0 Å². The van der Waals surface area contributed by atoms with Crippen LogP contribution in [0.4, 0.5) is 0 Å². The maximum absolute atomic E-state index is 11.2. The number of Topliss-reactive ketones (excluding diaryl/α,β-unsaturated/α-hetero) is 2. The van der Waals surface area contributed by atoms with Crippen molar-refractivity contribution in [3.8, 4) is 0 Å². The summed E-state index contributed by atoms with van der Waals surface area (Å²) in [6.45, 7) is 5.62. The molecular weight excluding hydrogens is 152 g/mol. The maximum atomic E-state index is 11.2. The van der Waals surface area contributed by atoms with E-state index in [1.807, 2.05) is 13.8 Å². The first-order valence-electron chi connectivity index (χ1n) is 4.68. The lowest BCUT2D eigenvalue weighted by Gasteiger charge is -2.06. The van der Waals surface area contributed by atoms with Crippen molar-refractivity contribution in [2.45, 2.75) is 46.5 Å². The van der Waals surface area contributed by atoms with Gasteiger partial charge in [-0.1, -0.05) is 13.8 Å². The second-order valence-electron chi connectivity index (χ2n) is 3.15. The Morgan fingerprint density at radius 1 is 1.00 bits per heavy atom. The van der Waals surface area contributed by atoms with Gasteiger partial charge in [0.05, 0.1) is 5.92 Å². The van der Waals surface area contributed by atoms with E-state index >= 15 is 0 Å². The summed E-state index contributed by atoms with van der Waals surface area (Å²) < 4.78 is 0. The van der Waals surface area contributed by atoms with Gasteiger partial charge in [0.2, 0.25) is 0 Å². The molecule has 0 radical (unpaired) electrons. The fourth-order valence-corrected chi connectivity index (χ4v) is 1.11. The zero-order valence-corrected chi connectivity index (χ0v) is 8.22. The molecule has 0 unspecified atom stereocenters. The van der Waals surface area contributed by atoms with Gasteiger partial charge in [-0.15, -0.1) is 0 Å². The molecule has 0 bridgehead atoms. The van der Waals surface area contributed by atoms with E-state index in [1.165, 1.54) is 0 Å². The summed E-state index contributed by atoms with van der Waals surface area (Å²) >= 11 is 0. The first kappa shape index (κ1) is 11.3. The second kappa shape index (κ2) is 5.92. The summed E-state index contributed by atoms with van der Waals surface area (Å²) in [6, 6.07) is 0. The highest BCUT2D eigenvalue weighted by Gasteiger charge is 2.18. The third-order valence-corrected chi connectivity index (χ3v) is 1.96. The molecule has 0 saturated heterocycles. The Morgan fingerprint density at radius 2 is 1.33 bits per heavy atom. The van der Waals surface area contributed by atoms with Crippen LogP contribution in [0.15, 0.2) is 0 Å². The van der Waals surface area contributed by atoms with Gasteiger partial charge < -0.3 is 0 Å². The molecule has 0 fully saturated rings. The van der Waals surface area contributed by atoms with Crippen LogP contribution in [0.5, 0.6) is 0 Å². The number of carbonyl (C=O) groups excluding carboxylic acids is 2. The lowest BCUT2D eigenvalue weighted by atomic mass is 9.95. The predicted molar refractivity (Wildman–Crippen MR) is 49.0 cm³/mol. The van der Waals surface area contributed by atoms with Crippen LogP contribution in [-0.4, -0.2) is 11.6 Å². The molecule has 0 heterocycles. The van der Waals surface area contributed by atoms with Crippen LogP contribution in [0, 0.1) is 5.92 Å². The molecule has 0 aliphatic heterocycles. The number of rotatable bonds is 6. The normalized spacial score (nSPS) is 10.3. The zero-order chi connectivity index (χ0) is 9.56. The molecule has 0 aromatic carbocycles. The molecule has 0 saturated carbocycles. The van der Waals surface area contributed by atoms with Gasteiger partial charge in [0.25, 0.3) is 0 Å². The SMILES string of the molecule is CCCC(=O)C(C)C(=O)CCC. The summed E-state index contributed by atoms with van der Waals surface area (Å²) in [5, 5.41) is 0. The lowest BCUT2D eigenvalue weighted by Crippen LogP contribution is -2.20. The van der Waals surface area contributed by atoms with Crippen LogP contribution in [0.1, 0.15) is 46.5 Å². The van der Waals surface area contributed by atoms with E-state index < -0.39 is 0 Å². The number of carbonyl (C=O) groups is 2. The minimum Gasteiger partial charge on any atom is -0.299 e. The van der Waals surface area contributed by atoms with Gasteiger partial charge in [-0.05, 0) is 19.8 Å². The van der Waals surface area contributed by atoms with Gasteiger partial charge >= 0.3 is 0 Å². The molecule has 0 amide bonds. The van der Waals surface area contributed by atoms with Gasteiger partial charge in [-0.3, -0.25) is 9.59 Å². The highest BCUT2D eigenvalue weighted by molar-refractivity contribution is 6.01. The first-order valence-corrected chi connectivity index (χ1v) is 4.68. The molecule has 2 heteroatoms. The summed E-state index contributed by atoms with van der Waals surface area (Å²) in [4.78, 5) is 22.5. The Bertz CT molecular complexity index is 143. The largest absolute Gasteiger partial charge is 0.299 e. The molecule has 0 atom stereocenters. The Balaban J connectivity index is 3.91. The molecule has 0 spiro atoms. The smallest absolute Gasteiger partial charge is 0.143 e. The Morgan fingerprint density at radius 3 is 1.58 bits per heavy atom. The van der Waals surface area contributed by atoms with Crippen LogP contribution in [-0.2, 0) is 9.59 Å². The van der Waals surface area contributed by atoms with E-state index in [9.17, 15) is 9.59 Å². The fraction of sp³-hybridized carbons (Fsp3) is 0.800. The van der Waals surface area contributed by atoms with E-state index in [4.69, 9.17) is 0 Å². The topological polar surface area (TPSA) is 34.1 Å². The number of hydrogen-bond acceptors (Lipinski definition) is 2. The monoisotopic (exact) mass is 170 g/mol. The van der Waals surface area contributed by atoms with Crippen LogP contribution in [0.2, 0.25) is 0 Å². The van der Waals surface area contributed by atoms with E-state index in [0.29, 0.717) is 12.8 Å². The van der Waals surface area contributed by atoms with E-state index in [2.05, 4.69) is 0 Å². The van der Waals surface area contributed by atoms with E-state index in [0.717, 1.165) is 12.8 Å². The maximum Gasteiger partial charge on any atom is 0.143 e. The average molecular weight is 170 g/mol. The van der Waals surface area contributed by atoms with Crippen molar-refractivity contribution in [1.82, 2.24) is 0 Å². The molecular formula is C10H18O2. The molecule has 12 heavy (non-hydrogen) atoms. The minimum atomic E-state index is -0.370. The quantitative estimate of drug-likeness (QED) is 0.573. The minimum absolute atomic E-state index is 0.0935. The Hall–Kier alpha value is -0.660. The Kier molecular flexibility index (Phi) is 5.60. The zero-order valence-electron chi connectivity index (χ0n) is 8.22. The van der Waals surface area contributed by atoms with E-state index in [-0.39, 0.29) is 17.5 Å². The van der Waals surface area contributed by atoms with E-state index in [1.54, 1.807) is 6.92 Å². The molecule has 0 N–H and O–H groups in total. The molecule has 2 nitrogen and oxygen atoms in total. The van der Waals surface area contributed by atoms with Crippen LogP contribution >= 0.6 is 0 Å². The van der Waals surface area contributed by atoms with Crippen LogP contribution in [0.25, 0.3) is 0 Å². The molecule has 70 valence electrons. The highest BCUT2D eigenvalue weighted by Crippen LogP contribution is 2.07. The van der Waals surface area contributed by atoms with Crippen molar-refractivity contribution in [3.63, 3.8) is 0 Å². The third kappa shape index (κ3) is 3.65. The van der Waals surface area contributed by atoms with Crippen molar-refractivity contribution in [2.75, 3.05) is 0 Å². The van der Waals surface area contributed by atoms with Gasteiger partial charge in [0.15, 0.2) is 0 Å². The molecule has 0 aliphatic rings. The van der Waals surface area contributed by atoms with Gasteiger partial charge in [0, 0.05) is 12.8 Å². The molecule has 0 aromatic rings. The molecule has 0 aromatic heterocycles. The fourth-order valence-electron chi connectivity index (χ4n) is 1.11. The lowest BCUT2D eigenvalue weighted by molar-refractivity contribution is -0.132. The summed E-state index contributed by atoms with van der Waals surface area (Å²) in [5.74, 6) is -0.184. The van der Waals surface area contributed by atoms with Crippen molar-refractivity contribution in [2.24, 2.45) is 5.92 Å². The van der Waals surface area contributed by atoms with Crippen molar-refractivity contribution >= 4 is 11.6 Å². The highest BCUT2D eigenvalue weighted by atomic mass is 16.1. The van der Waals surface area contributed by atoms with Crippen LogP contribution < -0.4 is 0 Å².